The summed E-state index contributed by atoms with van der Waals surface area (Å²) < 4.78 is 13.0. The lowest BCUT2D eigenvalue weighted by atomic mass is 9.94. The summed E-state index contributed by atoms with van der Waals surface area (Å²) in [6, 6.07) is 5.82. The number of halogens is 1. The zero-order valence-corrected chi connectivity index (χ0v) is 12.3. The summed E-state index contributed by atoms with van der Waals surface area (Å²) in [6.07, 6.45) is 0.672. The predicted molar refractivity (Wildman–Crippen MR) is 70.9 cm³/mol. The molecule has 1 fully saturated rings. The largest absolute Gasteiger partial charge is 0.249 e. The van der Waals surface area contributed by atoms with Crippen molar-refractivity contribution in [2.24, 2.45) is 0 Å². The molecule has 0 radical (unpaired) electrons. The molecule has 1 aromatic rings. The topological polar surface area (TPSA) is 36.9 Å². The first-order chi connectivity index (χ1) is 9.27. The van der Waals surface area contributed by atoms with E-state index in [-0.39, 0.29) is 5.82 Å². The molecule has 1 aromatic carbocycles. The van der Waals surface area contributed by atoms with Gasteiger partial charge in [-0.1, -0.05) is 12.1 Å². The Labute approximate surface area is 118 Å². The van der Waals surface area contributed by atoms with Gasteiger partial charge in [-0.15, -0.1) is 0 Å². The van der Waals surface area contributed by atoms with E-state index in [0.29, 0.717) is 5.56 Å². The molecule has 2 rings (SSSR count). The maximum absolute atomic E-state index is 13.0. The smallest absolute Gasteiger partial charge is 0.227 e. The van der Waals surface area contributed by atoms with Crippen molar-refractivity contribution in [3.05, 3.63) is 35.6 Å². The summed E-state index contributed by atoms with van der Waals surface area (Å²) in [5.41, 5.74) is -0.279. The average Bonchev–Trinajstić information content (AvgIpc) is 2.42. The van der Waals surface area contributed by atoms with E-state index < -0.39 is 17.5 Å². The molecule has 0 amide bonds. The molecule has 0 aliphatic carbocycles. The molecule has 0 spiro atoms. The SMILES string of the molecule is CC1(C)CCC(C)(C)OOC(c2ccc(F)cc2)OO1. The van der Waals surface area contributed by atoms with Crippen LogP contribution in [-0.4, -0.2) is 11.2 Å². The average molecular weight is 284 g/mol. The third-order valence-electron chi connectivity index (χ3n) is 3.19. The van der Waals surface area contributed by atoms with Crippen molar-refractivity contribution in [2.45, 2.75) is 58.0 Å². The van der Waals surface area contributed by atoms with Crippen LogP contribution < -0.4 is 0 Å². The van der Waals surface area contributed by atoms with Crippen LogP contribution in [0, 0.1) is 5.82 Å². The van der Waals surface area contributed by atoms with Crippen LogP contribution >= 0.6 is 0 Å². The molecule has 0 saturated carbocycles. The van der Waals surface area contributed by atoms with Gasteiger partial charge in [-0.25, -0.2) is 14.2 Å². The van der Waals surface area contributed by atoms with Gasteiger partial charge in [0.25, 0.3) is 0 Å². The maximum Gasteiger partial charge on any atom is 0.249 e. The molecule has 20 heavy (non-hydrogen) atoms. The van der Waals surface area contributed by atoms with Gasteiger partial charge in [0.15, 0.2) is 0 Å². The minimum Gasteiger partial charge on any atom is -0.227 e. The Morgan fingerprint density at radius 1 is 0.900 bits per heavy atom. The fraction of sp³-hybridized carbons (Fsp3) is 0.600. The molecule has 4 nitrogen and oxygen atoms in total. The van der Waals surface area contributed by atoms with Crippen LogP contribution in [-0.2, 0) is 19.6 Å². The Hall–Kier alpha value is -1.01. The van der Waals surface area contributed by atoms with Gasteiger partial charge in [-0.05, 0) is 52.7 Å². The number of benzene rings is 1. The van der Waals surface area contributed by atoms with Crippen molar-refractivity contribution in [3.63, 3.8) is 0 Å². The van der Waals surface area contributed by atoms with Crippen LogP contribution in [0.3, 0.4) is 0 Å². The predicted octanol–water partition coefficient (Wildman–Crippen LogP) is 4.07. The minimum absolute atomic E-state index is 0.320. The summed E-state index contributed by atoms with van der Waals surface area (Å²) >= 11 is 0. The van der Waals surface area contributed by atoms with E-state index in [1.807, 2.05) is 27.7 Å². The lowest BCUT2D eigenvalue weighted by Crippen LogP contribution is -2.29. The quantitative estimate of drug-likeness (QED) is 0.728. The standard InChI is InChI=1S/C15H21FO4/c1-14(2)9-10-15(3,4)20-18-13(17-19-14)11-5-7-12(16)8-6-11/h5-8,13H,9-10H2,1-4H3. The van der Waals surface area contributed by atoms with Crippen LogP contribution in [0.2, 0.25) is 0 Å². The molecular weight excluding hydrogens is 263 g/mol. The van der Waals surface area contributed by atoms with Crippen molar-refractivity contribution in [1.82, 2.24) is 0 Å². The van der Waals surface area contributed by atoms with E-state index in [1.54, 1.807) is 12.1 Å². The summed E-state index contributed by atoms with van der Waals surface area (Å²) in [4.78, 5) is 21.5. The van der Waals surface area contributed by atoms with Crippen molar-refractivity contribution < 1.29 is 23.9 Å². The Bertz CT molecular complexity index is 422. The van der Waals surface area contributed by atoms with Crippen LogP contribution in [0.25, 0.3) is 0 Å². The molecular formula is C15H21FO4. The molecule has 0 bridgehead atoms. The van der Waals surface area contributed by atoms with Crippen molar-refractivity contribution in [2.75, 3.05) is 0 Å². The fourth-order valence-electron chi connectivity index (χ4n) is 1.78. The number of hydrogen-bond acceptors (Lipinski definition) is 4. The van der Waals surface area contributed by atoms with E-state index >= 15 is 0 Å². The lowest BCUT2D eigenvalue weighted by molar-refractivity contribution is -0.497. The second-order valence-electron chi connectivity index (χ2n) is 6.26. The maximum atomic E-state index is 13.0. The molecule has 1 saturated heterocycles. The Kier molecular flexibility index (Phi) is 4.44. The van der Waals surface area contributed by atoms with E-state index in [0.717, 1.165) is 12.8 Å². The highest BCUT2D eigenvalue weighted by molar-refractivity contribution is 5.17. The van der Waals surface area contributed by atoms with Crippen LogP contribution in [0.1, 0.15) is 52.4 Å². The third kappa shape index (κ3) is 4.24. The van der Waals surface area contributed by atoms with E-state index in [1.165, 1.54) is 12.1 Å². The second-order valence-corrected chi connectivity index (χ2v) is 6.26. The van der Waals surface area contributed by atoms with Crippen molar-refractivity contribution >= 4 is 0 Å². The Balaban J connectivity index is 2.17. The first-order valence-corrected chi connectivity index (χ1v) is 6.72. The van der Waals surface area contributed by atoms with Crippen molar-refractivity contribution in [1.29, 1.82) is 0 Å². The van der Waals surface area contributed by atoms with Crippen molar-refractivity contribution in [3.8, 4) is 0 Å². The molecule has 1 heterocycles. The van der Waals surface area contributed by atoms with Gasteiger partial charge in [-0.3, -0.25) is 0 Å². The summed E-state index contributed by atoms with van der Waals surface area (Å²) in [6.45, 7) is 7.76. The summed E-state index contributed by atoms with van der Waals surface area (Å²) in [5.74, 6) is -0.320. The minimum atomic E-state index is -0.854. The van der Waals surface area contributed by atoms with Crippen LogP contribution in [0.5, 0.6) is 0 Å². The zero-order valence-electron chi connectivity index (χ0n) is 12.3. The second kappa shape index (κ2) is 5.77. The normalized spacial score (nSPS) is 23.6. The lowest BCUT2D eigenvalue weighted by Gasteiger charge is -2.26. The van der Waals surface area contributed by atoms with Gasteiger partial charge in [-0.2, -0.15) is 9.78 Å². The van der Waals surface area contributed by atoms with Gasteiger partial charge in [0, 0.05) is 5.56 Å². The number of rotatable bonds is 1. The highest BCUT2D eigenvalue weighted by atomic mass is 19.1. The molecule has 1 aliphatic heterocycles. The van der Waals surface area contributed by atoms with E-state index in [4.69, 9.17) is 19.6 Å². The summed E-state index contributed by atoms with van der Waals surface area (Å²) in [7, 11) is 0. The zero-order chi connectivity index (χ0) is 14.8. The van der Waals surface area contributed by atoms with E-state index in [2.05, 4.69) is 0 Å². The molecule has 0 N–H and O–H groups in total. The molecule has 0 unspecified atom stereocenters. The Morgan fingerprint density at radius 3 is 1.80 bits per heavy atom. The molecule has 0 atom stereocenters. The van der Waals surface area contributed by atoms with Gasteiger partial charge in [0.2, 0.25) is 6.29 Å². The number of hydrogen-bond donors (Lipinski definition) is 0. The van der Waals surface area contributed by atoms with E-state index in [9.17, 15) is 4.39 Å². The third-order valence-corrected chi connectivity index (χ3v) is 3.19. The highest BCUT2D eigenvalue weighted by Gasteiger charge is 2.32. The first-order valence-electron chi connectivity index (χ1n) is 6.72. The monoisotopic (exact) mass is 284 g/mol. The van der Waals surface area contributed by atoms with Gasteiger partial charge in [0.05, 0.1) is 11.2 Å². The summed E-state index contributed by atoms with van der Waals surface area (Å²) in [5, 5.41) is 0. The van der Waals surface area contributed by atoms with Crippen LogP contribution in [0.15, 0.2) is 24.3 Å². The van der Waals surface area contributed by atoms with Gasteiger partial charge >= 0.3 is 0 Å². The van der Waals surface area contributed by atoms with Gasteiger partial charge in [0.1, 0.15) is 5.82 Å². The molecule has 1 aliphatic rings. The first kappa shape index (κ1) is 15.4. The molecule has 112 valence electrons. The van der Waals surface area contributed by atoms with Gasteiger partial charge < -0.3 is 0 Å². The molecule has 0 aromatic heterocycles. The molecule has 5 heteroatoms. The highest BCUT2D eigenvalue weighted by Crippen LogP contribution is 2.32. The Morgan fingerprint density at radius 2 is 1.35 bits per heavy atom. The fourth-order valence-corrected chi connectivity index (χ4v) is 1.78. The van der Waals surface area contributed by atoms with Crippen LogP contribution in [0.4, 0.5) is 4.39 Å².